The van der Waals surface area contributed by atoms with Crippen molar-refractivity contribution in [2.75, 3.05) is 11.1 Å². The van der Waals surface area contributed by atoms with Crippen molar-refractivity contribution in [3.8, 4) is 22.4 Å². The van der Waals surface area contributed by atoms with Gasteiger partial charge in [-0.3, -0.25) is 0 Å². The maximum atomic E-state index is 5.61. The summed E-state index contributed by atoms with van der Waals surface area (Å²) in [6, 6.07) is 16.9. The Morgan fingerprint density at radius 1 is 0.970 bits per heavy atom. The number of thiazole rings is 1. The smallest absolute Gasteiger partial charge is 0.219 e. The summed E-state index contributed by atoms with van der Waals surface area (Å²) in [5.41, 5.74) is 12.6. The van der Waals surface area contributed by atoms with Crippen LogP contribution in [0.2, 0.25) is 0 Å². The highest BCUT2D eigenvalue weighted by atomic mass is 32.1. The standard InChI is InChI=1S/C27H29N5S/c1-17(2)27(5,23-10-6-20(7-11-23)22-14-29-26(28)30-15-22)18(3)31-24-12-8-21(9-13-24)25-16-33-19(4)32-25/h6-17,31H,3H2,1-2,4-5H3,(H2,28,29,30). The molecule has 1 atom stereocenters. The molecule has 4 rings (SSSR count). The van der Waals surface area contributed by atoms with Crippen LogP contribution in [-0.2, 0) is 5.41 Å². The number of anilines is 2. The maximum absolute atomic E-state index is 5.61. The number of rotatable bonds is 7. The number of hydrogen-bond donors (Lipinski definition) is 2. The molecule has 6 heteroatoms. The Bertz CT molecular complexity index is 1240. The van der Waals surface area contributed by atoms with Crippen LogP contribution in [0.1, 0.15) is 31.3 Å². The van der Waals surface area contributed by atoms with Gasteiger partial charge in [0.05, 0.1) is 10.7 Å². The van der Waals surface area contributed by atoms with Crippen molar-refractivity contribution in [3.05, 3.63) is 89.2 Å². The van der Waals surface area contributed by atoms with Crippen LogP contribution in [0, 0.1) is 12.8 Å². The van der Waals surface area contributed by atoms with Crippen molar-refractivity contribution < 1.29 is 0 Å². The fourth-order valence-corrected chi connectivity index (χ4v) is 4.50. The summed E-state index contributed by atoms with van der Waals surface area (Å²) in [7, 11) is 0. The van der Waals surface area contributed by atoms with Gasteiger partial charge in [0.1, 0.15) is 0 Å². The first-order chi connectivity index (χ1) is 15.8. The summed E-state index contributed by atoms with van der Waals surface area (Å²) < 4.78 is 0. The molecule has 0 spiro atoms. The Balaban J connectivity index is 1.55. The van der Waals surface area contributed by atoms with Crippen LogP contribution in [0.25, 0.3) is 22.4 Å². The van der Waals surface area contributed by atoms with Crippen LogP contribution in [0.15, 0.2) is 78.6 Å². The van der Waals surface area contributed by atoms with Gasteiger partial charge >= 0.3 is 0 Å². The van der Waals surface area contributed by atoms with Crippen molar-refractivity contribution in [1.82, 2.24) is 15.0 Å². The minimum Gasteiger partial charge on any atom is -0.368 e. The SMILES string of the molecule is C=C(Nc1ccc(-c2csc(C)n2)cc1)C(C)(c1ccc(-c2cnc(N)nc2)cc1)C(C)C. The van der Waals surface area contributed by atoms with Crippen LogP contribution in [0.5, 0.6) is 0 Å². The second-order valence-corrected chi connectivity index (χ2v) is 9.76. The number of benzene rings is 2. The van der Waals surface area contributed by atoms with E-state index in [2.05, 4.69) is 102 Å². The van der Waals surface area contributed by atoms with Crippen LogP contribution in [0.3, 0.4) is 0 Å². The monoisotopic (exact) mass is 455 g/mol. The molecule has 4 aromatic rings. The minimum absolute atomic E-state index is 0.263. The lowest BCUT2D eigenvalue weighted by Crippen LogP contribution is -2.34. The average molecular weight is 456 g/mol. The fourth-order valence-electron chi connectivity index (χ4n) is 3.88. The average Bonchev–Trinajstić information content (AvgIpc) is 3.25. The van der Waals surface area contributed by atoms with E-state index in [0.717, 1.165) is 38.8 Å². The van der Waals surface area contributed by atoms with E-state index in [0.29, 0.717) is 5.92 Å². The van der Waals surface area contributed by atoms with Gasteiger partial charge in [0.15, 0.2) is 0 Å². The second-order valence-electron chi connectivity index (χ2n) is 8.70. The van der Waals surface area contributed by atoms with E-state index in [1.807, 2.05) is 6.92 Å². The molecule has 0 fully saturated rings. The van der Waals surface area contributed by atoms with Gasteiger partial charge < -0.3 is 11.1 Å². The van der Waals surface area contributed by atoms with E-state index < -0.39 is 0 Å². The number of nitrogens with zero attached hydrogens (tertiary/aromatic N) is 3. The molecule has 5 nitrogen and oxygen atoms in total. The summed E-state index contributed by atoms with van der Waals surface area (Å²) in [6.07, 6.45) is 3.49. The van der Waals surface area contributed by atoms with E-state index in [1.54, 1.807) is 23.7 Å². The Hall–Kier alpha value is -3.51. The van der Waals surface area contributed by atoms with Crippen LogP contribution < -0.4 is 11.1 Å². The highest BCUT2D eigenvalue weighted by molar-refractivity contribution is 7.09. The Morgan fingerprint density at radius 3 is 2.12 bits per heavy atom. The van der Waals surface area contributed by atoms with Crippen LogP contribution >= 0.6 is 11.3 Å². The molecule has 0 aliphatic heterocycles. The Morgan fingerprint density at radius 2 is 1.58 bits per heavy atom. The molecule has 0 aliphatic rings. The third-order valence-electron chi connectivity index (χ3n) is 6.37. The first-order valence-electron chi connectivity index (χ1n) is 10.9. The molecule has 0 radical (unpaired) electrons. The quantitative estimate of drug-likeness (QED) is 0.324. The molecule has 0 bridgehead atoms. The number of aromatic nitrogens is 3. The molecule has 168 valence electrons. The molecular weight excluding hydrogens is 426 g/mol. The van der Waals surface area contributed by atoms with Gasteiger partial charge in [-0.15, -0.1) is 11.3 Å². The third kappa shape index (κ3) is 4.66. The van der Waals surface area contributed by atoms with Crippen molar-refractivity contribution >= 4 is 23.0 Å². The van der Waals surface area contributed by atoms with Crippen LogP contribution in [0.4, 0.5) is 11.6 Å². The Kier molecular flexibility index (Phi) is 6.29. The predicted molar refractivity (Wildman–Crippen MR) is 139 cm³/mol. The van der Waals surface area contributed by atoms with Gasteiger partial charge in [-0.25, -0.2) is 15.0 Å². The highest BCUT2D eigenvalue weighted by Crippen LogP contribution is 2.39. The third-order valence-corrected chi connectivity index (χ3v) is 7.14. The molecule has 2 aromatic heterocycles. The predicted octanol–water partition coefficient (Wildman–Crippen LogP) is 6.70. The van der Waals surface area contributed by atoms with Crippen molar-refractivity contribution in [2.45, 2.75) is 33.1 Å². The zero-order chi connectivity index (χ0) is 23.6. The number of aryl methyl sites for hydroxylation is 1. The summed E-state index contributed by atoms with van der Waals surface area (Å²) in [5.74, 6) is 0.611. The summed E-state index contributed by atoms with van der Waals surface area (Å²) in [5, 5.41) is 6.71. The number of hydrogen-bond acceptors (Lipinski definition) is 6. The lowest BCUT2D eigenvalue weighted by atomic mass is 9.71. The maximum Gasteiger partial charge on any atom is 0.219 e. The zero-order valence-corrected chi connectivity index (χ0v) is 20.3. The summed E-state index contributed by atoms with van der Waals surface area (Å²) in [4.78, 5) is 12.8. The molecule has 2 heterocycles. The van der Waals surface area contributed by atoms with E-state index in [9.17, 15) is 0 Å². The molecule has 0 saturated heterocycles. The lowest BCUT2D eigenvalue weighted by Gasteiger charge is -2.37. The zero-order valence-electron chi connectivity index (χ0n) is 19.5. The Labute approximate surface area is 199 Å². The first kappa shape index (κ1) is 22.7. The largest absolute Gasteiger partial charge is 0.368 e. The molecule has 33 heavy (non-hydrogen) atoms. The second kappa shape index (κ2) is 9.16. The molecule has 0 saturated carbocycles. The summed E-state index contributed by atoms with van der Waals surface area (Å²) in [6.45, 7) is 13.1. The molecule has 0 aliphatic carbocycles. The van der Waals surface area contributed by atoms with Crippen LogP contribution in [-0.4, -0.2) is 15.0 Å². The van der Waals surface area contributed by atoms with Gasteiger partial charge in [0.2, 0.25) is 5.95 Å². The van der Waals surface area contributed by atoms with Gasteiger partial charge in [0.25, 0.3) is 0 Å². The van der Waals surface area contributed by atoms with Crippen molar-refractivity contribution in [2.24, 2.45) is 5.92 Å². The van der Waals surface area contributed by atoms with Crippen molar-refractivity contribution in [1.29, 1.82) is 0 Å². The molecule has 1 unspecified atom stereocenters. The normalized spacial score (nSPS) is 13.0. The molecule has 2 aromatic carbocycles. The number of nitrogen functional groups attached to an aromatic ring is 1. The van der Waals surface area contributed by atoms with Gasteiger partial charge in [-0.2, -0.15) is 0 Å². The summed E-state index contributed by atoms with van der Waals surface area (Å²) >= 11 is 1.66. The number of allylic oxidation sites excluding steroid dienone is 1. The highest BCUT2D eigenvalue weighted by Gasteiger charge is 2.34. The van der Waals surface area contributed by atoms with Gasteiger partial charge in [-0.1, -0.05) is 56.8 Å². The minimum atomic E-state index is -0.263. The number of nitrogens with two attached hydrogens (primary N) is 1. The fraction of sp³-hybridized carbons (Fsp3) is 0.222. The van der Waals surface area contributed by atoms with Gasteiger partial charge in [0, 0.05) is 45.7 Å². The molecule has 3 N–H and O–H groups in total. The molecular formula is C27H29N5S. The number of nitrogens with one attached hydrogen (secondary N) is 1. The van der Waals surface area contributed by atoms with Gasteiger partial charge in [-0.05, 0) is 43.0 Å². The molecule has 0 amide bonds. The van der Waals surface area contributed by atoms with E-state index in [1.165, 1.54) is 5.56 Å². The topological polar surface area (TPSA) is 76.7 Å². The van der Waals surface area contributed by atoms with Crippen molar-refractivity contribution in [3.63, 3.8) is 0 Å². The van der Waals surface area contributed by atoms with E-state index in [-0.39, 0.29) is 11.4 Å². The van der Waals surface area contributed by atoms with E-state index >= 15 is 0 Å². The lowest BCUT2D eigenvalue weighted by molar-refractivity contribution is 0.400. The van der Waals surface area contributed by atoms with E-state index in [4.69, 9.17) is 5.73 Å². The first-order valence-corrected chi connectivity index (χ1v) is 11.8.